The summed E-state index contributed by atoms with van der Waals surface area (Å²) < 4.78 is 0. The summed E-state index contributed by atoms with van der Waals surface area (Å²) in [6.07, 6.45) is 7.53. The van der Waals surface area contributed by atoms with Gasteiger partial charge in [0.2, 0.25) is 0 Å². The fourth-order valence-corrected chi connectivity index (χ4v) is 4.51. The first kappa shape index (κ1) is 15.8. The molecule has 0 spiro atoms. The quantitative estimate of drug-likeness (QED) is 0.842. The molecule has 3 aliphatic rings. The summed E-state index contributed by atoms with van der Waals surface area (Å²) in [5, 5.41) is 0. The van der Waals surface area contributed by atoms with E-state index in [9.17, 15) is 9.59 Å². The first-order valence-corrected chi connectivity index (χ1v) is 9.37. The average Bonchev–Trinajstić information content (AvgIpc) is 3.04. The van der Waals surface area contributed by atoms with Crippen molar-refractivity contribution in [2.45, 2.75) is 44.9 Å². The third-order valence-electron chi connectivity index (χ3n) is 5.99. The zero-order valence-electron chi connectivity index (χ0n) is 14.2. The standard InChI is InChI=1S/C21H25NO2/c23-20-16-5-1-2-6-17(16)21(24)19-10-8-15(7-9-18(19)20)11-14-22-12-3-4-13-22/h1-2,5-6,15H,3-4,7-14H2. The Kier molecular flexibility index (Phi) is 4.36. The van der Waals surface area contributed by atoms with E-state index < -0.39 is 0 Å². The number of hydrogen-bond donors (Lipinski definition) is 0. The van der Waals surface area contributed by atoms with Gasteiger partial charge in [0.05, 0.1) is 0 Å². The Bertz CT molecular complexity index is 649. The van der Waals surface area contributed by atoms with Crippen LogP contribution in [0, 0.1) is 5.92 Å². The van der Waals surface area contributed by atoms with Crippen LogP contribution < -0.4 is 0 Å². The van der Waals surface area contributed by atoms with Crippen molar-refractivity contribution >= 4 is 11.6 Å². The number of ketones is 2. The predicted molar refractivity (Wildman–Crippen MR) is 94.4 cm³/mol. The number of carbonyl (C=O) groups excluding carboxylic acids is 2. The molecule has 0 atom stereocenters. The Morgan fingerprint density at radius 1 is 0.875 bits per heavy atom. The highest BCUT2D eigenvalue weighted by atomic mass is 16.1. The number of allylic oxidation sites excluding steroid dienone is 2. The van der Waals surface area contributed by atoms with Crippen LogP contribution >= 0.6 is 0 Å². The highest BCUT2D eigenvalue weighted by Gasteiger charge is 2.33. The van der Waals surface area contributed by atoms with Crippen LogP contribution in [-0.4, -0.2) is 36.1 Å². The molecule has 1 aromatic carbocycles. The van der Waals surface area contributed by atoms with Gasteiger partial charge in [-0.1, -0.05) is 24.3 Å². The molecule has 0 radical (unpaired) electrons. The van der Waals surface area contributed by atoms with Crippen LogP contribution in [0.3, 0.4) is 0 Å². The second kappa shape index (κ2) is 6.64. The van der Waals surface area contributed by atoms with E-state index in [1.807, 2.05) is 12.1 Å². The monoisotopic (exact) mass is 323 g/mol. The number of hydrogen-bond acceptors (Lipinski definition) is 3. The van der Waals surface area contributed by atoms with E-state index in [4.69, 9.17) is 0 Å². The van der Waals surface area contributed by atoms with E-state index >= 15 is 0 Å². The Labute approximate surface area is 143 Å². The lowest BCUT2D eigenvalue weighted by Crippen LogP contribution is -2.22. The Hall–Kier alpha value is -1.74. The van der Waals surface area contributed by atoms with Crippen LogP contribution in [0.1, 0.15) is 65.7 Å². The fraction of sp³-hybridized carbons (Fsp3) is 0.524. The molecule has 3 nitrogen and oxygen atoms in total. The first-order chi connectivity index (χ1) is 11.7. The van der Waals surface area contributed by atoms with Gasteiger partial charge in [-0.2, -0.15) is 0 Å². The molecule has 0 N–H and O–H groups in total. The SMILES string of the molecule is O=C1C2=C(CCC(CCN3CCCC3)CC2)C(=O)c2ccccc21. The van der Waals surface area contributed by atoms with Gasteiger partial charge in [0.1, 0.15) is 0 Å². The second-order valence-electron chi connectivity index (χ2n) is 7.44. The van der Waals surface area contributed by atoms with Crippen molar-refractivity contribution in [3.8, 4) is 0 Å². The first-order valence-electron chi connectivity index (χ1n) is 9.37. The molecule has 1 aliphatic heterocycles. The summed E-state index contributed by atoms with van der Waals surface area (Å²) in [7, 11) is 0. The third-order valence-corrected chi connectivity index (χ3v) is 5.99. The molecule has 1 fully saturated rings. The maximum absolute atomic E-state index is 12.8. The Morgan fingerprint density at radius 2 is 1.42 bits per heavy atom. The maximum atomic E-state index is 12.8. The molecule has 2 aliphatic carbocycles. The molecule has 1 aromatic rings. The zero-order valence-corrected chi connectivity index (χ0v) is 14.2. The van der Waals surface area contributed by atoms with Gasteiger partial charge in [-0.25, -0.2) is 0 Å². The minimum absolute atomic E-state index is 0.0976. The number of Topliss-reactive ketones (excluding diaryl/α,β-unsaturated/α-hetero) is 2. The molecule has 1 heterocycles. The summed E-state index contributed by atoms with van der Waals surface area (Å²) in [6.45, 7) is 3.67. The number of nitrogens with zero attached hydrogens (tertiary/aromatic N) is 1. The molecule has 4 rings (SSSR count). The summed E-state index contributed by atoms with van der Waals surface area (Å²) in [6, 6.07) is 7.31. The van der Waals surface area contributed by atoms with Gasteiger partial charge in [-0.3, -0.25) is 9.59 Å². The van der Waals surface area contributed by atoms with E-state index in [0.29, 0.717) is 17.0 Å². The van der Waals surface area contributed by atoms with E-state index in [1.54, 1.807) is 12.1 Å². The van der Waals surface area contributed by atoms with Crippen molar-refractivity contribution in [2.75, 3.05) is 19.6 Å². The van der Waals surface area contributed by atoms with Crippen molar-refractivity contribution < 1.29 is 9.59 Å². The molecular weight excluding hydrogens is 298 g/mol. The summed E-state index contributed by atoms with van der Waals surface area (Å²) >= 11 is 0. The van der Waals surface area contributed by atoms with Gasteiger partial charge in [0.15, 0.2) is 11.6 Å². The van der Waals surface area contributed by atoms with E-state index in [2.05, 4.69) is 4.90 Å². The van der Waals surface area contributed by atoms with Crippen molar-refractivity contribution in [3.05, 3.63) is 46.5 Å². The summed E-state index contributed by atoms with van der Waals surface area (Å²) in [5.74, 6) is 0.834. The van der Waals surface area contributed by atoms with E-state index in [0.717, 1.165) is 36.8 Å². The van der Waals surface area contributed by atoms with Crippen LogP contribution in [0.2, 0.25) is 0 Å². The molecule has 126 valence electrons. The number of rotatable bonds is 3. The summed E-state index contributed by atoms with van der Waals surface area (Å²) in [5.41, 5.74) is 2.83. The third kappa shape index (κ3) is 2.86. The molecule has 1 saturated heterocycles. The largest absolute Gasteiger partial charge is 0.303 e. The molecule has 0 aromatic heterocycles. The average molecular weight is 323 g/mol. The highest BCUT2D eigenvalue weighted by molar-refractivity contribution is 6.26. The minimum atomic E-state index is 0.0976. The van der Waals surface area contributed by atoms with E-state index in [-0.39, 0.29) is 11.6 Å². The van der Waals surface area contributed by atoms with Gasteiger partial charge >= 0.3 is 0 Å². The molecule has 0 amide bonds. The van der Waals surface area contributed by atoms with Crippen molar-refractivity contribution in [2.24, 2.45) is 5.92 Å². The lowest BCUT2D eigenvalue weighted by Gasteiger charge is -2.19. The van der Waals surface area contributed by atoms with Gasteiger partial charge < -0.3 is 4.90 Å². The fourth-order valence-electron chi connectivity index (χ4n) is 4.51. The number of likely N-dealkylation sites (tertiary alicyclic amines) is 1. The van der Waals surface area contributed by atoms with Crippen LogP contribution in [0.25, 0.3) is 0 Å². The van der Waals surface area contributed by atoms with Crippen LogP contribution in [0.15, 0.2) is 35.4 Å². The number of fused-ring (bicyclic) bond motifs is 1. The van der Waals surface area contributed by atoms with Crippen molar-refractivity contribution in [1.29, 1.82) is 0 Å². The normalized spacial score (nSPS) is 22.5. The molecule has 3 heteroatoms. The van der Waals surface area contributed by atoms with Gasteiger partial charge in [-0.15, -0.1) is 0 Å². The molecule has 24 heavy (non-hydrogen) atoms. The van der Waals surface area contributed by atoms with Gasteiger partial charge in [-0.05, 0) is 70.5 Å². The van der Waals surface area contributed by atoms with Crippen LogP contribution in [-0.2, 0) is 0 Å². The van der Waals surface area contributed by atoms with Crippen LogP contribution in [0.5, 0.6) is 0 Å². The minimum Gasteiger partial charge on any atom is -0.303 e. The zero-order chi connectivity index (χ0) is 16.5. The molecule has 0 bridgehead atoms. The lowest BCUT2D eigenvalue weighted by molar-refractivity contribution is 0.0970. The Balaban J connectivity index is 1.47. The van der Waals surface area contributed by atoms with Crippen molar-refractivity contribution in [1.82, 2.24) is 4.90 Å². The van der Waals surface area contributed by atoms with Gasteiger partial charge in [0, 0.05) is 22.3 Å². The van der Waals surface area contributed by atoms with Crippen molar-refractivity contribution in [3.63, 3.8) is 0 Å². The number of benzene rings is 1. The molecule has 0 unspecified atom stereocenters. The topological polar surface area (TPSA) is 37.4 Å². The van der Waals surface area contributed by atoms with Crippen LogP contribution in [0.4, 0.5) is 0 Å². The van der Waals surface area contributed by atoms with E-state index in [1.165, 1.54) is 38.9 Å². The lowest BCUT2D eigenvalue weighted by atomic mass is 9.82. The molecular formula is C21H25NO2. The number of carbonyl (C=O) groups is 2. The van der Waals surface area contributed by atoms with Gasteiger partial charge in [0.25, 0.3) is 0 Å². The summed E-state index contributed by atoms with van der Waals surface area (Å²) in [4.78, 5) is 28.2. The molecule has 0 saturated carbocycles. The smallest absolute Gasteiger partial charge is 0.190 e. The second-order valence-corrected chi connectivity index (χ2v) is 7.44. The predicted octanol–water partition coefficient (Wildman–Crippen LogP) is 4.04. The Morgan fingerprint density at radius 3 is 1.96 bits per heavy atom. The maximum Gasteiger partial charge on any atom is 0.190 e. The highest BCUT2D eigenvalue weighted by Crippen LogP contribution is 2.37.